The number of carboxylic acid groups (broad SMARTS) is 1. The first kappa shape index (κ1) is 15.2. The van der Waals surface area contributed by atoms with E-state index >= 15 is 0 Å². The Morgan fingerprint density at radius 3 is 2.48 bits per heavy atom. The molecule has 114 valence electrons. The molecule has 1 amide bonds. The van der Waals surface area contributed by atoms with Crippen molar-refractivity contribution in [3.8, 4) is 0 Å². The zero-order valence-corrected chi connectivity index (χ0v) is 11.7. The molecule has 1 aliphatic heterocycles. The topological polar surface area (TPSA) is 70.1 Å². The summed E-state index contributed by atoms with van der Waals surface area (Å²) in [5.74, 6) is -1.31. The van der Waals surface area contributed by atoms with Gasteiger partial charge in [0.05, 0.1) is 12.7 Å². The van der Waals surface area contributed by atoms with Crippen LogP contribution in [0.5, 0.6) is 0 Å². The molecule has 0 unspecified atom stereocenters. The van der Waals surface area contributed by atoms with E-state index in [1.165, 1.54) is 24.1 Å². The summed E-state index contributed by atoms with van der Waals surface area (Å²) in [6.45, 7) is 2.61. The molecule has 1 heterocycles. The van der Waals surface area contributed by atoms with Crippen molar-refractivity contribution in [1.82, 2.24) is 9.80 Å². The van der Waals surface area contributed by atoms with E-state index in [-0.39, 0.29) is 5.56 Å². The van der Waals surface area contributed by atoms with Crippen LogP contribution in [0.4, 0.5) is 9.18 Å². The fourth-order valence-electron chi connectivity index (χ4n) is 2.29. The van der Waals surface area contributed by atoms with Gasteiger partial charge in [-0.05, 0) is 17.7 Å². The molecular weight excluding hydrogens is 279 g/mol. The second-order valence-corrected chi connectivity index (χ2v) is 4.85. The summed E-state index contributed by atoms with van der Waals surface area (Å²) in [6, 6.07) is 4.40. The van der Waals surface area contributed by atoms with Crippen molar-refractivity contribution in [2.75, 3.05) is 33.3 Å². The number of hydrogen-bond acceptors (Lipinski definition) is 4. The number of rotatable bonds is 3. The number of carbonyl (C=O) groups is 2. The molecule has 1 fully saturated rings. The molecule has 1 aliphatic rings. The maximum Gasteiger partial charge on any atom is 0.407 e. The van der Waals surface area contributed by atoms with E-state index in [9.17, 15) is 14.0 Å². The molecule has 0 aromatic heterocycles. The van der Waals surface area contributed by atoms with Crippen molar-refractivity contribution >= 4 is 12.1 Å². The average molecular weight is 296 g/mol. The van der Waals surface area contributed by atoms with Crippen molar-refractivity contribution in [1.29, 1.82) is 0 Å². The van der Waals surface area contributed by atoms with Gasteiger partial charge in [-0.25, -0.2) is 14.0 Å². The van der Waals surface area contributed by atoms with Crippen molar-refractivity contribution in [2.24, 2.45) is 0 Å². The van der Waals surface area contributed by atoms with E-state index in [1.54, 1.807) is 6.07 Å². The maximum atomic E-state index is 13.8. The van der Waals surface area contributed by atoms with Crippen LogP contribution in [0, 0.1) is 5.82 Å². The predicted molar refractivity (Wildman–Crippen MR) is 72.6 cm³/mol. The van der Waals surface area contributed by atoms with Gasteiger partial charge in [0.15, 0.2) is 0 Å². The van der Waals surface area contributed by atoms with Crippen LogP contribution in [-0.4, -0.2) is 60.3 Å². The van der Waals surface area contributed by atoms with E-state index in [2.05, 4.69) is 4.74 Å². The summed E-state index contributed by atoms with van der Waals surface area (Å²) in [7, 11) is 1.21. The van der Waals surface area contributed by atoms with Crippen molar-refractivity contribution < 1.29 is 23.8 Å². The van der Waals surface area contributed by atoms with Gasteiger partial charge in [0.25, 0.3) is 0 Å². The summed E-state index contributed by atoms with van der Waals surface area (Å²) < 4.78 is 18.3. The number of ether oxygens (including phenoxy) is 1. The van der Waals surface area contributed by atoms with E-state index in [0.29, 0.717) is 32.7 Å². The van der Waals surface area contributed by atoms with Crippen LogP contribution in [0.25, 0.3) is 0 Å². The highest BCUT2D eigenvalue weighted by molar-refractivity contribution is 5.89. The molecule has 1 aromatic carbocycles. The summed E-state index contributed by atoms with van der Waals surface area (Å²) >= 11 is 0. The molecule has 1 saturated heterocycles. The highest BCUT2D eigenvalue weighted by atomic mass is 19.1. The number of hydrogen-bond donors (Lipinski definition) is 1. The Morgan fingerprint density at radius 2 is 1.95 bits per heavy atom. The van der Waals surface area contributed by atoms with E-state index in [4.69, 9.17) is 5.11 Å². The van der Waals surface area contributed by atoms with Gasteiger partial charge in [-0.1, -0.05) is 6.07 Å². The quantitative estimate of drug-likeness (QED) is 0.854. The lowest BCUT2D eigenvalue weighted by Crippen LogP contribution is -2.47. The number of benzene rings is 1. The fraction of sp³-hybridized carbons (Fsp3) is 0.429. The summed E-state index contributed by atoms with van der Waals surface area (Å²) in [4.78, 5) is 25.5. The Balaban J connectivity index is 1.97. The average Bonchev–Trinajstić information content (AvgIpc) is 2.47. The molecule has 0 bridgehead atoms. The molecule has 2 rings (SSSR count). The largest absolute Gasteiger partial charge is 0.465 e. The minimum Gasteiger partial charge on any atom is -0.465 e. The smallest absolute Gasteiger partial charge is 0.407 e. The number of methoxy groups -OCH3 is 1. The monoisotopic (exact) mass is 296 g/mol. The van der Waals surface area contributed by atoms with Crippen LogP contribution in [0.15, 0.2) is 18.2 Å². The van der Waals surface area contributed by atoms with Crippen molar-refractivity contribution in [3.05, 3.63) is 35.1 Å². The number of nitrogens with zero attached hydrogens (tertiary/aromatic N) is 2. The van der Waals surface area contributed by atoms with Crippen LogP contribution in [0.1, 0.15) is 15.9 Å². The van der Waals surface area contributed by atoms with E-state index < -0.39 is 17.9 Å². The minimum absolute atomic E-state index is 0.0862. The Bertz CT molecular complexity index is 542. The summed E-state index contributed by atoms with van der Waals surface area (Å²) in [5.41, 5.74) is 0.654. The highest BCUT2D eigenvalue weighted by Crippen LogP contribution is 2.14. The third-order valence-corrected chi connectivity index (χ3v) is 3.49. The maximum absolute atomic E-state index is 13.8. The molecule has 0 spiro atoms. The molecule has 0 aliphatic carbocycles. The molecule has 1 N–H and O–H groups in total. The number of halogens is 1. The van der Waals surface area contributed by atoms with E-state index in [1.807, 2.05) is 4.90 Å². The molecule has 0 saturated carbocycles. The molecule has 0 atom stereocenters. The standard InChI is InChI=1S/C14H17FN2O4/c1-21-13(18)11-3-2-10(8-12(11)15)9-16-4-6-17(7-5-16)14(19)20/h2-3,8H,4-7,9H2,1H3,(H,19,20). The Morgan fingerprint density at radius 1 is 1.29 bits per heavy atom. The fourth-order valence-corrected chi connectivity index (χ4v) is 2.29. The Kier molecular flexibility index (Phi) is 4.74. The predicted octanol–water partition coefficient (Wildman–Crippen LogP) is 1.41. The van der Waals surface area contributed by atoms with Gasteiger partial charge in [0, 0.05) is 32.7 Å². The summed E-state index contributed by atoms with van der Waals surface area (Å²) in [6.07, 6.45) is -0.914. The highest BCUT2D eigenvalue weighted by Gasteiger charge is 2.20. The Labute approximate surface area is 121 Å². The molecule has 1 aromatic rings. The lowest BCUT2D eigenvalue weighted by molar-refractivity contribution is 0.0595. The Hall–Kier alpha value is -2.15. The summed E-state index contributed by atoms with van der Waals surface area (Å²) in [5, 5.41) is 8.87. The van der Waals surface area contributed by atoms with E-state index in [0.717, 1.165) is 5.56 Å². The molecule has 6 nitrogen and oxygen atoms in total. The molecule has 7 heteroatoms. The number of carbonyl (C=O) groups excluding carboxylic acids is 1. The van der Waals surface area contributed by atoms with Crippen molar-refractivity contribution in [3.63, 3.8) is 0 Å². The van der Waals surface area contributed by atoms with Gasteiger partial charge in [0.1, 0.15) is 5.82 Å². The third kappa shape index (κ3) is 3.69. The van der Waals surface area contributed by atoms with Gasteiger partial charge >= 0.3 is 12.1 Å². The molecular formula is C14H17FN2O4. The van der Waals surface area contributed by atoms with Crippen LogP contribution < -0.4 is 0 Å². The minimum atomic E-state index is -0.914. The first-order valence-electron chi connectivity index (χ1n) is 6.58. The second kappa shape index (κ2) is 6.53. The van der Waals surface area contributed by atoms with Crippen LogP contribution >= 0.6 is 0 Å². The third-order valence-electron chi connectivity index (χ3n) is 3.49. The first-order valence-corrected chi connectivity index (χ1v) is 6.58. The lowest BCUT2D eigenvalue weighted by atomic mass is 10.1. The zero-order valence-electron chi connectivity index (χ0n) is 11.7. The van der Waals surface area contributed by atoms with Gasteiger partial charge < -0.3 is 14.7 Å². The van der Waals surface area contributed by atoms with Gasteiger partial charge in [-0.15, -0.1) is 0 Å². The van der Waals surface area contributed by atoms with Crippen LogP contribution in [0.2, 0.25) is 0 Å². The lowest BCUT2D eigenvalue weighted by Gasteiger charge is -2.33. The van der Waals surface area contributed by atoms with Crippen molar-refractivity contribution in [2.45, 2.75) is 6.54 Å². The number of piperazine rings is 1. The SMILES string of the molecule is COC(=O)c1ccc(CN2CCN(C(=O)O)CC2)cc1F. The number of esters is 1. The van der Waals surface area contributed by atoms with Gasteiger partial charge in [0.2, 0.25) is 0 Å². The van der Waals surface area contributed by atoms with Crippen LogP contribution in [-0.2, 0) is 11.3 Å². The van der Waals surface area contributed by atoms with Gasteiger partial charge in [-0.2, -0.15) is 0 Å². The zero-order chi connectivity index (χ0) is 15.4. The second-order valence-electron chi connectivity index (χ2n) is 4.85. The molecule has 0 radical (unpaired) electrons. The molecule has 21 heavy (non-hydrogen) atoms. The van der Waals surface area contributed by atoms with Crippen LogP contribution in [0.3, 0.4) is 0 Å². The number of amides is 1. The van der Waals surface area contributed by atoms with Gasteiger partial charge in [-0.3, -0.25) is 4.90 Å². The normalized spacial score (nSPS) is 15.8. The first-order chi connectivity index (χ1) is 10.0.